The van der Waals surface area contributed by atoms with Gasteiger partial charge in [-0.1, -0.05) is 45.9 Å². The minimum Gasteiger partial charge on any atom is -0.340 e. The maximum Gasteiger partial charge on any atom is 0.272 e. The second-order valence-corrected chi connectivity index (χ2v) is 8.53. The van der Waals surface area contributed by atoms with Gasteiger partial charge < -0.3 is 15.1 Å². The van der Waals surface area contributed by atoms with Crippen LogP contribution in [0.5, 0.6) is 0 Å². The van der Waals surface area contributed by atoms with E-state index in [1.807, 2.05) is 11.8 Å². The summed E-state index contributed by atoms with van der Waals surface area (Å²) >= 11 is 0. The number of likely N-dealkylation sites (N-methyl/N-ethyl adjacent to an activating group) is 1. The highest BCUT2D eigenvalue weighted by atomic mass is 16.2. The molecule has 1 aromatic heterocycles. The molecule has 29 heavy (non-hydrogen) atoms. The smallest absolute Gasteiger partial charge is 0.272 e. The summed E-state index contributed by atoms with van der Waals surface area (Å²) in [6.07, 6.45) is 0. The molecule has 2 heterocycles. The van der Waals surface area contributed by atoms with E-state index in [9.17, 15) is 4.79 Å². The summed E-state index contributed by atoms with van der Waals surface area (Å²) in [5, 5.41) is 3.52. The van der Waals surface area contributed by atoms with E-state index in [4.69, 9.17) is 0 Å². The molecule has 1 saturated heterocycles. The third-order valence-electron chi connectivity index (χ3n) is 5.47. The molecule has 6 heteroatoms. The molecule has 0 atom stereocenters. The number of hydrogen-bond acceptors (Lipinski definition) is 5. The van der Waals surface area contributed by atoms with Gasteiger partial charge in [0, 0.05) is 37.9 Å². The Bertz CT molecular complexity index is 843. The largest absolute Gasteiger partial charge is 0.340 e. The maximum absolute atomic E-state index is 13.0. The second-order valence-electron chi connectivity index (χ2n) is 8.53. The van der Waals surface area contributed by atoms with Crippen molar-refractivity contribution >= 4 is 17.4 Å². The van der Waals surface area contributed by atoms with Crippen LogP contribution >= 0.6 is 0 Å². The van der Waals surface area contributed by atoms with E-state index in [2.05, 4.69) is 73.1 Å². The Kier molecular flexibility index (Phi) is 6.52. The quantitative estimate of drug-likeness (QED) is 0.824. The highest BCUT2D eigenvalue weighted by Gasteiger charge is 2.23. The molecule has 0 unspecified atom stereocenters. The van der Waals surface area contributed by atoms with E-state index in [1.165, 1.54) is 11.1 Å². The van der Waals surface area contributed by atoms with E-state index in [-0.39, 0.29) is 5.91 Å². The first kappa shape index (κ1) is 21.2. The molecule has 1 aromatic carbocycles. The first-order valence-corrected chi connectivity index (χ1v) is 10.5. The van der Waals surface area contributed by atoms with Crippen molar-refractivity contribution in [3.05, 3.63) is 46.9 Å². The molecule has 0 bridgehead atoms. The van der Waals surface area contributed by atoms with Crippen molar-refractivity contribution in [3.63, 3.8) is 0 Å². The highest BCUT2D eigenvalue weighted by molar-refractivity contribution is 5.93. The first-order valence-electron chi connectivity index (χ1n) is 10.5. The van der Waals surface area contributed by atoms with Gasteiger partial charge in [0.1, 0.15) is 17.3 Å². The van der Waals surface area contributed by atoms with Crippen LogP contribution in [0.25, 0.3) is 0 Å². The number of hydrogen-bond donors (Lipinski definition) is 1. The van der Waals surface area contributed by atoms with Crippen molar-refractivity contribution in [2.45, 2.75) is 46.5 Å². The molecule has 156 valence electrons. The van der Waals surface area contributed by atoms with Crippen LogP contribution < -0.4 is 5.32 Å². The number of carbonyl (C=O) groups is 1. The average molecular weight is 396 g/mol. The number of aryl methyl sites for hydroxylation is 1. The lowest BCUT2D eigenvalue weighted by molar-refractivity contribution is 0.0658. The minimum atomic E-state index is -0.0205. The van der Waals surface area contributed by atoms with Crippen LogP contribution in [0.1, 0.15) is 67.0 Å². The summed E-state index contributed by atoms with van der Waals surface area (Å²) in [6, 6.07) is 8.21. The fraction of sp³-hybridized carbons (Fsp3) is 0.522. The van der Waals surface area contributed by atoms with Crippen LogP contribution in [0.2, 0.25) is 0 Å². The zero-order valence-corrected chi connectivity index (χ0v) is 18.5. The average Bonchev–Trinajstić information content (AvgIpc) is 2.67. The Morgan fingerprint density at radius 3 is 2.14 bits per heavy atom. The number of benzene rings is 1. The molecule has 1 fully saturated rings. The number of anilines is 2. The zero-order chi connectivity index (χ0) is 21.1. The summed E-state index contributed by atoms with van der Waals surface area (Å²) in [5.41, 5.74) is 4.05. The van der Waals surface area contributed by atoms with E-state index < -0.39 is 0 Å². The monoisotopic (exact) mass is 395 g/mol. The molecule has 0 saturated carbocycles. The number of nitrogens with zero attached hydrogens (tertiary/aromatic N) is 4. The topological polar surface area (TPSA) is 61.4 Å². The normalized spacial score (nSPS) is 15.2. The number of piperazine rings is 1. The third-order valence-corrected chi connectivity index (χ3v) is 5.47. The number of amides is 1. The molecule has 2 aromatic rings. The lowest BCUT2D eigenvalue weighted by Gasteiger charge is -2.32. The van der Waals surface area contributed by atoms with Crippen LogP contribution in [0.3, 0.4) is 0 Å². The lowest BCUT2D eigenvalue weighted by Crippen LogP contribution is -2.47. The Morgan fingerprint density at radius 1 is 1.00 bits per heavy atom. The second kappa shape index (κ2) is 8.91. The molecule has 0 aliphatic carbocycles. The van der Waals surface area contributed by atoms with E-state index in [0.717, 1.165) is 31.9 Å². The fourth-order valence-electron chi connectivity index (χ4n) is 3.74. The van der Waals surface area contributed by atoms with Gasteiger partial charge in [-0.15, -0.1) is 0 Å². The van der Waals surface area contributed by atoms with Gasteiger partial charge in [-0.05, 0) is 36.9 Å². The van der Waals surface area contributed by atoms with Gasteiger partial charge in [0.25, 0.3) is 5.91 Å². The predicted molar refractivity (Wildman–Crippen MR) is 118 cm³/mol. The van der Waals surface area contributed by atoms with Gasteiger partial charge in [0.2, 0.25) is 0 Å². The summed E-state index contributed by atoms with van der Waals surface area (Å²) < 4.78 is 0. The van der Waals surface area contributed by atoms with Crippen molar-refractivity contribution in [1.82, 2.24) is 19.8 Å². The van der Waals surface area contributed by atoms with E-state index in [1.54, 1.807) is 6.07 Å². The van der Waals surface area contributed by atoms with Gasteiger partial charge in [-0.2, -0.15) is 0 Å². The molecular formula is C23H33N5O. The Hall–Kier alpha value is -2.47. The highest BCUT2D eigenvalue weighted by Crippen LogP contribution is 2.34. The summed E-state index contributed by atoms with van der Waals surface area (Å²) in [5.74, 6) is 2.01. The summed E-state index contributed by atoms with van der Waals surface area (Å²) in [4.78, 5) is 26.1. The molecule has 1 aliphatic heterocycles. The van der Waals surface area contributed by atoms with Crippen molar-refractivity contribution in [2.75, 3.05) is 38.5 Å². The van der Waals surface area contributed by atoms with Crippen LogP contribution in [0, 0.1) is 6.92 Å². The van der Waals surface area contributed by atoms with Crippen LogP contribution in [-0.2, 0) is 0 Å². The van der Waals surface area contributed by atoms with Crippen molar-refractivity contribution in [2.24, 2.45) is 0 Å². The maximum atomic E-state index is 13.0. The van der Waals surface area contributed by atoms with E-state index >= 15 is 0 Å². The van der Waals surface area contributed by atoms with Gasteiger partial charge in [-0.3, -0.25) is 4.79 Å². The van der Waals surface area contributed by atoms with Gasteiger partial charge >= 0.3 is 0 Å². The zero-order valence-electron chi connectivity index (χ0n) is 18.5. The summed E-state index contributed by atoms with van der Waals surface area (Å²) in [7, 11) is 2.08. The number of aromatic nitrogens is 2. The number of nitrogens with one attached hydrogen (secondary N) is 1. The Morgan fingerprint density at radius 2 is 1.59 bits per heavy atom. The number of rotatable bonds is 5. The number of carbonyl (C=O) groups excluding carboxylic acids is 1. The fourth-order valence-corrected chi connectivity index (χ4v) is 3.74. The third kappa shape index (κ3) is 4.93. The molecule has 1 aliphatic rings. The Labute approximate surface area is 174 Å². The lowest BCUT2D eigenvalue weighted by atomic mass is 9.92. The standard InChI is InChI=1S/C23H33N5O/c1-15(2)18-8-7-9-19(16(3)4)22(18)26-21-14-20(24-17(5)25-21)23(29)28-12-10-27(6)11-13-28/h7-9,14-16H,10-13H2,1-6H3,(H,24,25,26). The molecule has 0 spiro atoms. The molecule has 6 nitrogen and oxygen atoms in total. The van der Waals surface area contributed by atoms with Gasteiger partial charge in [-0.25, -0.2) is 9.97 Å². The van der Waals surface area contributed by atoms with Crippen molar-refractivity contribution in [1.29, 1.82) is 0 Å². The molecule has 1 N–H and O–H groups in total. The van der Waals surface area contributed by atoms with Gasteiger partial charge in [0.15, 0.2) is 0 Å². The SMILES string of the molecule is Cc1nc(Nc2c(C(C)C)cccc2C(C)C)cc(C(=O)N2CCN(C)CC2)n1. The number of para-hydroxylation sites is 1. The van der Waals surface area contributed by atoms with Crippen LogP contribution in [0.4, 0.5) is 11.5 Å². The van der Waals surface area contributed by atoms with Gasteiger partial charge in [0.05, 0.1) is 0 Å². The molecule has 1 amide bonds. The van der Waals surface area contributed by atoms with Crippen molar-refractivity contribution < 1.29 is 4.79 Å². The predicted octanol–water partition coefficient (Wildman–Crippen LogP) is 4.16. The van der Waals surface area contributed by atoms with E-state index in [0.29, 0.717) is 29.2 Å². The van der Waals surface area contributed by atoms with Crippen molar-refractivity contribution in [3.8, 4) is 0 Å². The first-order chi connectivity index (χ1) is 13.8. The molecular weight excluding hydrogens is 362 g/mol. The molecule has 3 rings (SSSR count). The van der Waals surface area contributed by atoms with Crippen LogP contribution in [-0.4, -0.2) is 58.9 Å². The molecule has 0 radical (unpaired) electrons. The summed E-state index contributed by atoms with van der Waals surface area (Å²) in [6.45, 7) is 13.8. The van der Waals surface area contributed by atoms with Crippen LogP contribution in [0.15, 0.2) is 24.3 Å². The minimum absolute atomic E-state index is 0.0205. The Balaban J connectivity index is 1.93.